The van der Waals surface area contributed by atoms with Crippen molar-refractivity contribution in [3.63, 3.8) is 0 Å². The highest BCUT2D eigenvalue weighted by atomic mass is 19.1. The Hall–Kier alpha value is -1.98. The van der Waals surface area contributed by atoms with Crippen molar-refractivity contribution in [2.75, 3.05) is 7.11 Å². The summed E-state index contributed by atoms with van der Waals surface area (Å²) in [5.41, 5.74) is 0.103. The summed E-state index contributed by atoms with van der Waals surface area (Å²) in [5, 5.41) is 7.95. The molecule has 1 unspecified atom stereocenters. The number of fused-ring (bicyclic) bond motifs is 1. The van der Waals surface area contributed by atoms with E-state index in [-0.39, 0.29) is 17.2 Å². The van der Waals surface area contributed by atoms with Gasteiger partial charge in [-0.3, -0.25) is 0 Å². The van der Waals surface area contributed by atoms with Crippen LogP contribution < -0.4 is 4.74 Å². The van der Waals surface area contributed by atoms with Crippen LogP contribution in [0.3, 0.4) is 0 Å². The number of aryl methyl sites for hydroxylation is 1. The highest BCUT2D eigenvalue weighted by molar-refractivity contribution is 5.34. The maximum absolute atomic E-state index is 14.0. The molecule has 0 N–H and O–H groups in total. The zero-order valence-corrected chi connectivity index (χ0v) is 10.7. The third-order valence-electron chi connectivity index (χ3n) is 3.54. The topological polar surface area (TPSA) is 39.9 Å². The second kappa shape index (κ2) is 4.29. The summed E-state index contributed by atoms with van der Waals surface area (Å²) in [4.78, 5) is 0. The summed E-state index contributed by atoms with van der Waals surface area (Å²) in [5.74, 6) is 0.350. The van der Waals surface area contributed by atoms with Gasteiger partial charge in [-0.25, -0.2) is 8.78 Å². The number of ether oxygens (including phenoxy) is 1. The minimum Gasteiger partial charge on any atom is -0.497 e. The maximum Gasteiger partial charge on any atom is 0.133 e. The number of halogens is 2. The second-order valence-electron chi connectivity index (χ2n) is 4.68. The standard InChI is InChI=1S/C13H13F2N3O/c1-7-16-17-12-3-8(6-18(7)12)13-10(14)4-9(19-2)5-11(13)15/h4-5,8H,3,6H2,1-2H3. The summed E-state index contributed by atoms with van der Waals surface area (Å²) in [6, 6.07) is 2.43. The molecular weight excluding hydrogens is 252 g/mol. The van der Waals surface area contributed by atoms with Gasteiger partial charge in [-0.1, -0.05) is 0 Å². The monoisotopic (exact) mass is 265 g/mol. The van der Waals surface area contributed by atoms with E-state index in [1.54, 1.807) is 0 Å². The minimum absolute atomic E-state index is 0.103. The molecule has 0 bridgehead atoms. The molecule has 6 heteroatoms. The third-order valence-corrected chi connectivity index (χ3v) is 3.54. The van der Waals surface area contributed by atoms with Crippen LogP contribution >= 0.6 is 0 Å². The number of nitrogens with zero attached hydrogens (tertiary/aromatic N) is 3. The van der Waals surface area contributed by atoms with Gasteiger partial charge in [0.2, 0.25) is 0 Å². The Labute approximate surface area is 109 Å². The van der Waals surface area contributed by atoms with Crippen LogP contribution in [0, 0.1) is 18.6 Å². The fraction of sp³-hybridized carbons (Fsp3) is 0.385. The Kier molecular flexibility index (Phi) is 2.73. The maximum atomic E-state index is 14.0. The van der Waals surface area contributed by atoms with Crippen LogP contribution in [0.2, 0.25) is 0 Å². The van der Waals surface area contributed by atoms with Crippen LogP contribution in [-0.2, 0) is 13.0 Å². The molecule has 0 saturated heterocycles. The van der Waals surface area contributed by atoms with Gasteiger partial charge in [0, 0.05) is 36.6 Å². The van der Waals surface area contributed by atoms with Gasteiger partial charge in [-0.2, -0.15) is 0 Å². The van der Waals surface area contributed by atoms with Gasteiger partial charge in [0.15, 0.2) is 0 Å². The van der Waals surface area contributed by atoms with Crippen molar-refractivity contribution in [3.05, 3.63) is 41.0 Å². The van der Waals surface area contributed by atoms with E-state index in [1.165, 1.54) is 19.2 Å². The lowest BCUT2D eigenvalue weighted by Gasteiger charge is -2.13. The second-order valence-corrected chi connectivity index (χ2v) is 4.68. The van der Waals surface area contributed by atoms with Crippen molar-refractivity contribution in [1.29, 1.82) is 0 Å². The molecule has 3 rings (SSSR count). The number of methoxy groups -OCH3 is 1. The van der Waals surface area contributed by atoms with E-state index in [2.05, 4.69) is 10.2 Å². The van der Waals surface area contributed by atoms with Gasteiger partial charge in [0.25, 0.3) is 0 Å². The van der Waals surface area contributed by atoms with Crippen molar-refractivity contribution in [2.45, 2.75) is 25.8 Å². The number of benzene rings is 1. The zero-order valence-electron chi connectivity index (χ0n) is 10.7. The predicted octanol–water partition coefficient (Wildman–Crippen LogP) is 2.21. The van der Waals surface area contributed by atoms with Crippen LogP contribution in [-0.4, -0.2) is 21.9 Å². The molecule has 1 atom stereocenters. The summed E-state index contributed by atoms with van der Waals surface area (Å²) in [6.07, 6.45) is 0.501. The number of hydrogen-bond acceptors (Lipinski definition) is 3. The molecule has 0 radical (unpaired) electrons. The molecule has 1 aliphatic rings. The Bertz CT molecular complexity index is 616. The highest BCUT2D eigenvalue weighted by Gasteiger charge is 2.30. The van der Waals surface area contributed by atoms with Crippen molar-refractivity contribution in [2.24, 2.45) is 0 Å². The molecule has 0 saturated carbocycles. The molecule has 0 aliphatic carbocycles. The predicted molar refractivity (Wildman–Crippen MR) is 64.1 cm³/mol. The van der Waals surface area contributed by atoms with Crippen molar-refractivity contribution in [3.8, 4) is 5.75 Å². The molecule has 1 aromatic carbocycles. The Morgan fingerprint density at radius 1 is 1.26 bits per heavy atom. The van der Waals surface area contributed by atoms with Gasteiger partial charge in [0.1, 0.15) is 29.0 Å². The summed E-state index contributed by atoms with van der Waals surface area (Å²) in [7, 11) is 1.38. The first-order valence-electron chi connectivity index (χ1n) is 6.01. The molecular formula is C13H13F2N3O. The van der Waals surface area contributed by atoms with Crippen molar-refractivity contribution < 1.29 is 13.5 Å². The van der Waals surface area contributed by atoms with E-state index in [4.69, 9.17) is 4.74 Å². The first-order valence-corrected chi connectivity index (χ1v) is 6.01. The lowest BCUT2D eigenvalue weighted by Crippen LogP contribution is -2.08. The van der Waals surface area contributed by atoms with E-state index in [0.717, 1.165) is 11.6 Å². The SMILES string of the molecule is COc1cc(F)c(C2Cc3nnc(C)n3C2)c(F)c1. The molecule has 4 nitrogen and oxygen atoms in total. The fourth-order valence-electron chi connectivity index (χ4n) is 2.58. The quantitative estimate of drug-likeness (QED) is 0.835. The molecule has 19 heavy (non-hydrogen) atoms. The van der Waals surface area contributed by atoms with Gasteiger partial charge in [-0.15, -0.1) is 10.2 Å². The smallest absolute Gasteiger partial charge is 0.133 e. The van der Waals surface area contributed by atoms with E-state index < -0.39 is 11.6 Å². The van der Waals surface area contributed by atoms with Gasteiger partial charge >= 0.3 is 0 Å². The zero-order chi connectivity index (χ0) is 13.6. The van der Waals surface area contributed by atoms with Crippen LogP contribution in [0.5, 0.6) is 5.75 Å². The third kappa shape index (κ3) is 1.87. The van der Waals surface area contributed by atoms with E-state index in [1.807, 2.05) is 11.5 Å². The van der Waals surface area contributed by atoms with E-state index >= 15 is 0 Å². The summed E-state index contributed by atoms with van der Waals surface area (Å²) >= 11 is 0. The van der Waals surface area contributed by atoms with Crippen LogP contribution in [0.4, 0.5) is 8.78 Å². The van der Waals surface area contributed by atoms with Crippen LogP contribution in [0.15, 0.2) is 12.1 Å². The first kappa shape index (κ1) is 12.1. The number of aromatic nitrogens is 3. The Balaban J connectivity index is 1.97. The number of hydrogen-bond donors (Lipinski definition) is 0. The fourth-order valence-corrected chi connectivity index (χ4v) is 2.58. The molecule has 1 aliphatic heterocycles. The van der Waals surface area contributed by atoms with E-state index in [9.17, 15) is 8.78 Å². The lowest BCUT2D eigenvalue weighted by atomic mass is 9.96. The first-order chi connectivity index (χ1) is 9.10. The normalized spacial score (nSPS) is 17.6. The average Bonchev–Trinajstić information content (AvgIpc) is 2.91. The highest BCUT2D eigenvalue weighted by Crippen LogP contribution is 2.34. The largest absolute Gasteiger partial charge is 0.497 e. The van der Waals surface area contributed by atoms with Gasteiger partial charge < -0.3 is 9.30 Å². The molecule has 2 heterocycles. The van der Waals surface area contributed by atoms with Crippen LogP contribution in [0.1, 0.15) is 23.1 Å². The molecule has 100 valence electrons. The summed E-state index contributed by atoms with van der Waals surface area (Å²) in [6.45, 7) is 2.34. The van der Waals surface area contributed by atoms with Crippen molar-refractivity contribution in [1.82, 2.24) is 14.8 Å². The molecule has 2 aromatic rings. The average molecular weight is 265 g/mol. The molecule has 0 spiro atoms. The van der Waals surface area contributed by atoms with Gasteiger partial charge in [-0.05, 0) is 6.92 Å². The summed E-state index contributed by atoms with van der Waals surface area (Å²) < 4.78 is 34.8. The minimum atomic E-state index is -0.571. The van der Waals surface area contributed by atoms with Crippen molar-refractivity contribution >= 4 is 0 Å². The Morgan fingerprint density at radius 3 is 2.53 bits per heavy atom. The number of rotatable bonds is 2. The van der Waals surface area contributed by atoms with Crippen LogP contribution in [0.25, 0.3) is 0 Å². The molecule has 0 fully saturated rings. The molecule has 0 amide bonds. The molecule has 1 aromatic heterocycles. The van der Waals surface area contributed by atoms with E-state index in [0.29, 0.717) is 13.0 Å². The van der Waals surface area contributed by atoms with Gasteiger partial charge in [0.05, 0.1) is 7.11 Å². The Morgan fingerprint density at radius 2 is 1.95 bits per heavy atom. The lowest BCUT2D eigenvalue weighted by molar-refractivity contribution is 0.403.